The summed E-state index contributed by atoms with van der Waals surface area (Å²) < 4.78 is 5.13. The van der Waals surface area contributed by atoms with Crippen LogP contribution in [-0.2, 0) is 20.9 Å². The highest BCUT2D eigenvalue weighted by atomic mass is 16.5. The third-order valence-corrected chi connectivity index (χ3v) is 4.15. The van der Waals surface area contributed by atoms with Gasteiger partial charge in [0.2, 0.25) is 11.7 Å². The number of primary amides is 1. The first kappa shape index (κ1) is 20.6. The zero-order valence-corrected chi connectivity index (χ0v) is 16.4. The first-order chi connectivity index (χ1) is 14.3. The number of rotatable bonds is 7. The predicted octanol–water partition coefficient (Wildman–Crippen LogP) is 1.32. The van der Waals surface area contributed by atoms with Crippen molar-refractivity contribution in [2.75, 3.05) is 5.32 Å². The van der Waals surface area contributed by atoms with Crippen molar-refractivity contribution in [3.8, 4) is 11.4 Å². The van der Waals surface area contributed by atoms with E-state index >= 15 is 0 Å². The van der Waals surface area contributed by atoms with E-state index in [1.165, 1.54) is 31.2 Å². The molecule has 0 bridgehead atoms. The minimum absolute atomic E-state index is 0.288. The lowest BCUT2D eigenvalue weighted by molar-refractivity contribution is -0.154. The second-order valence-corrected chi connectivity index (χ2v) is 6.57. The monoisotopic (exact) mass is 408 g/mol. The number of nitrogens with one attached hydrogen (secondary N) is 1. The van der Waals surface area contributed by atoms with Gasteiger partial charge in [0, 0.05) is 16.8 Å². The van der Waals surface area contributed by atoms with Crippen LogP contribution in [0.5, 0.6) is 0 Å². The van der Waals surface area contributed by atoms with Crippen LogP contribution in [0.2, 0.25) is 0 Å². The Morgan fingerprint density at radius 2 is 1.77 bits per heavy atom. The molecule has 10 nitrogen and oxygen atoms in total. The normalized spacial score (nSPS) is 11.5. The third kappa shape index (κ3) is 5.25. The molecule has 10 heteroatoms. The van der Waals surface area contributed by atoms with Crippen molar-refractivity contribution in [1.29, 1.82) is 0 Å². The van der Waals surface area contributed by atoms with Crippen LogP contribution < -0.4 is 11.1 Å². The Morgan fingerprint density at radius 1 is 1.10 bits per heavy atom. The van der Waals surface area contributed by atoms with Gasteiger partial charge in [-0.05, 0) is 43.3 Å². The summed E-state index contributed by atoms with van der Waals surface area (Å²) >= 11 is 0. The number of amides is 2. The van der Waals surface area contributed by atoms with Gasteiger partial charge in [-0.25, -0.2) is 4.79 Å². The second kappa shape index (κ2) is 8.95. The zero-order chi connectivity index (χ0) is 21.7. The molecule has 0 aliphatic rings. The lowest BCUT2D eigenvalue weighted by Gasteiger charge is -2.13. The van der Waals surface area contributed by atoms with E-state index in [-0.39, 0.29) is 6.54 Å². The molecule has 0 fully saturated rings. The van der Waals surface area contributed by atoms with Gasteiger partial charge in [-0.1, -0.05) is 29.8 Å². The molecule has 0 saturated carbocycles. The summed E-state index contributed by atoms with van der Waals surface area (Å²) in [5, 5.41) is 14.5. The van der Waals surface area contributed by atoms with E-state index in [4.69, 9.17) is 10.5 Å². The van der Waals surface area contributed by atoms with E-state index in [1.54, 1.807) is 0 Å². The van der Waals surface area contributed by atoms with E-state index in [0.29, 0.717) is 17.1 Å². The SMILES string of the molecule is Cc1ccc(-c2nnn(CC(=O)O[C@@H](C)C(=O)Nc3ccc(C(N)=O)cc3)n2)cc1. The number of carbonyl (C=O) groups excluding carboxylic acids is 3. The molecule has 1 aromatic heterocycles. The molecular formula is C20H20N6O4. The van der Waals surface area contributed by atoms with E-state index in [9.17, 15) is 14.4 Å². The number of tetrazole rings is 1. The molecule has 0 aliphatic heterocycles. The first-order valence-electron chi connectivity index (χ1n) is 9.07. The summed E-state index contributed by atoms with van der Waals surface area (Å²) in [7, 11) is 0. The topological polar surface area (TPSA) is 142 Å². The number of nitrogens with two attached hydrogens (primary N) is 1. The number of hydrogen-bond acceptors (Lipinski definition) is 7. The van der Waals surface area contributed by atoms with Gasteiger partial charge in [0.1, 0.15) is 0 Å². The maximum Gasteiger partial charge on any atom is 0.330 e. The number of carbonyl (C=O) groups is 3. The Kier molecular flexibility index (Phi) is 6.16. The molecule has 0 saturated heterocycles. The molecule has 2 aromatic carbocycles. The standard InChI is InChI=1S/C20H20N6O4/c1-12-3-5-15(6-4-12)19-23-25-26(24-19)11-17(27)30-13(2)20(29)22-16-9-7-14(8-10-16)18(21)28/h3-10,13H,11H2,1-2H3,(H2,21,28)(H,22,29)/t13-/m0/s1. The van der Waals surface area contributed by atoms with Gasteiger partial charge in [-0.3, -0.25) is 9.59 Å². The molecule has 1 heterocycles. The Balaban J connectivity index is 1.53. The van der Waals surface area contributed by atoms with Crippen molar-refractivity contribution in [2.24, 2.45) is 5.73 Å². The Morgan fingerprint density at radius 3 is 2.40 bits per heavy atom. The number of anilines is 1. The molecule has 0 spiro atoms. The van der Waals surface area contributed by atoms with Gasteiger partial charge in [0.15, 0.2) is 12.6 Å². The van der Waals surface area contributed by atoms with Crippen LogP contribution in [0, 0.1) is 6.92 Å². The van der Waals surface area contributed by atoms with Crippen molar-refractivity contribution in [1.82, 2.24) is 20.2 Å². The number of nitrogens with zero attached hydrogens (tertiary/aromatic N) is 4. The number of aromatic nitrogens is 4. The number of benzene rings is 2. The molecule has 0 aliphatic carbocycles. The first-order valence-corrected chi connectivity index (χ1v) is 9.07. The summed E-state index contributed by atoms with van der Waals surface area (Å²) in [5.41, 5.74) is 7.80. The zero-order valence-electron chi connectivity index (χ0n) is 16.4. The molecule has 3 rings (SSSR count). The fraction of sp³-hybridized carbons (Fsp3) is 0.200. The molecule has 154 valence electrons. The van der Waals surface area contributed by atoms with E-state index in [0.717, 1.165) is 15.9 Å². The van der Waals surface area contributed by atoms with Crippen molar-refractivity contribution in [2.45, 2.75) is 26.5 Å². The van der Waals surface area contributed by atoms with Gasteiger partial charge in [-0.15, -0.1) is 10.2 Å². The minimum atomic E-state index is -1.05. The Hall–Kier alpha value is -4.08. The minimum Gasteiger partial charge on any atom is -0.451 e. The lowest BCUT2D eigenvalue weighted by atomic mass is 10.1. The smallest absolute Gasteiger partial charge is 0.330 e. The van der Waals surface area contributed by atoms with Gasteiger partial charge < -0.3 is 15.8 Å². The molecule has 0 radical (unpaired) electrons. The summed E-state index contributed by atoms with van der Waals surface area (Å²) in [6, 6.07) is 13.6. The van der Waals surface area contributed by atoms with Gasteiger partial charge in [0.25, 0.3) is 5.91 Å². The van der Waals surface area contributed by atoms with Crippen LogP contribution in [-0.4, -0.2) is 44.1 Å². The molecular weight excluding hydrogens is 388 g/mol. The summed E-state index contributed by atoms with van der Waals surface area (Å²) in [6.45, 7) is 3.12. The summed E-state index contributed by atoms with van der Waals surface area (Å²) in [6.07, 6.45) is -1.05. The Labute approximate surface area is 172 Å². The van der Waals surface area contributed by atoms with E-state index < -0.39 is 23.9 Å². The maximum atomic E-state index is 12.2. The average Bonchev–Trinajstić information content (AvgIpc) is 3.17. The highest BCUT2D eigenvalue weighted by Gasteiger charge is 2.19. The number of hydrogen-bond donors (Lipinski definition) is 2. The van der Waals surface area contributed by atoms with Crippen molar-refractivity contribution in [3.63, 3.8) is 0 Å². The number of ether oxygens (including phenoxy) is 1. The van der Waals surface area contributed by atoms with Crippen molar-refractivity contribution < 1.29 is 19.1 Å². The molecule has 1 atom stereocenters. The van der Waals surface area contributed by atoms with E-state index in [2.05, 4.69) is 20.7 Å². The Bertz CT molecular complexity index is 1060. The van der Waals surface area contributed by atoms with Gasteiger partial charge >= 0.3 is 5.97 Å². The molecule has 30 heavy (non-hydrogen) atoms. The maximum absolute atomic E-state index is 12.2. The van der Waals surface area contributed by atoms with Crippen LogP contribution in [0.1, 0.15) is 22.8 Å². The van der Waals surface area contributed by atoms with E-state index in [1.807, 2.05) is 31.2 Å². The fourth-order valence-corrected chi connectivity index (χ4v) is 2.49. The van der Waals surface area contributed by atoms with Crippen LogP contribution in [0.4, 0.5) is 5.69 Å². The summed E-state index contributed by atoms with van der Waals surface area (Å²) in [5.74, 6) is -1.40. The highest BCUT2D eigenvalue weighted by molar-refractivity contribution is 5.96. The lowest BCUT2D eigenvalue weighted by Crippen LogP contribution is -2.31. The van der Waals surface area contributed by atoms with Crippen LogP contribution in [0.3, 0.4) is 0 Å². The number of esters is 1. The van der Waals surface area contributed by atoms with Crippen LogP contribution >= 0.6 is 0 Å². The number of aryl methyl sites for hydroxylation is 1. The molecule has 0 unspecified atom stereocenters. The summed E-state index contributed by atoms with van der Waals surface area (Å²) in [4.78, 5) is 36.5. The third-order valence-electron chi connectivity index (χ3n) is 4.15. The van der Waals surface area contributed by atoms with Crippen molar-refractivity contribution >= 4 is 23.5 Å². The van der Waals surface area contributed by atoms with Gasteiger partial charge in [0.05, 0.1) is 0 Å². The highest BCUT2D eigenvalue weighted by Crippen LogP contribution is 2.14. The quantitative estimate of drug-likeness (QED) is 0.561. The predicted molar refractivity (Wildman–Crippen MR) is 107 cm³/mol. The molecule has 3 N–H and O–H groups in total. The molecule has 3 aromatic rings. The molecule has 2 amide bonds. The van der Waals surface area contributed by atoms with Crippen LogP contribution in [0.25, 0.3) is 11.4 Å². The second-order valence-electron chi connectivity index (χ2n) is 6.57. The largest absolute Gasteiger partial charge is 0.451 e. The van der Waals surface area contributed by atoms with Crippen LogP contribution in [0.15, 0.2) is 48.5 Å². The van der Waals surface area contributed by atoms with Gasteiger partial charge in [-0.2, -0.15) is 4.80 Å². The van der Waals surface area contributed by atoms with Crippen molar-refractivity contribution in [3.05, 3.63) is 59.7 Å². The average molecular weight is 408 g/mol. The fourth-order valence-electron chi connectivity index (χ4n) is 2.49.